The van der Waals surface area contributed by atoms with Crippen LogP contribution in [0.3, 0.4) is 0 Å². The zero-order chi connectivity index (χ0) is 30.6. The molecule has 0 radical (unpaired) electrons. The monoisotopic (exact) mass is 587 g/mol. The number of phenols is 1. The number of hydrogen-bond acceptors (Lipinski definition) is 7. The second kappa shape index (κ2) is 13.4. The molecule has 3 rings (SSSR count). The number of phenolic OH excluding ortho intramolecular Hbond substituents is 1. The first kappa shape index (κ1) is 33.3. The number of nitrogens with zero attached hydrogens (tertiary/aromatic N) is 1. The molecule has 0 amide bonds. The summed E-state index contributed by atoms with van der Waals surface area (Å²) in [5, 5.41) is 11.7. The molecule has 0 aliphatic carbocycles. The SMILES string of the molecule is COc1ccc(CSC2CCN(CCC(C)(C)Oc3cc(C(C)(C)C)c(O)c(C(C)(C)C)c3)CC2)c(OC)c1OC. The molecule has 1 saturated heterocycles. The van der Waals surface area contributed by atoms with Gasteiger partial charge in [0.1, 0.15) is 17.1 Å². The van der Waals surface area contributed by atoms with Crippen LogP contribution >= 0.6 is 11.8 Å². The Morgan fingerprint density at radius 3 is 1.88 bits per heavy atom. The fraction of sp³-hybridized carbons (Fsp3) is 0.647. The zero-order valence-corrected chi connectivity index (χ0v) is 28.1. The van der Waals surface area contributed by atoms with E-state index in [1.54, 1.807) is 21.3 Å². The Morgan fingerprint density at radius 2 is 1.39 bits per heavy atom. The maximum absolute atomic E-state index is 11.1. The van der Waals surface area contributed by atoms with E-state index in [1.807, 2.05) is 30.0 Å². The van der Waals surface area contributed by atoms with Crippen molar-refractivity contribution in [2.45, 2.75) is 102 Å². The molecule has 0 aromatic heterocycles. The highest BCUT2D eigenvalue weighted by atomic mass is 32.2. The number of ether oxygens (including phenoxy) is 4. The quantitative estimate of drug-likeness (QED) is 0.286. The fourth-order valence-electron chi connectivity index (χ4n) is 5.39. The summed E-state index contributed by atoms with van der Waals surface area (Å²) in [5.74, 6) is 4.22. The number of hydrogen-bond donors (Lipinski definition) is 1. The van der Waals surface area contributed by atoms with Crippen molar-refractivity contribution in [3.8, 4) is 28.7 Å². The Kier molecular flexibility index (Phi) is 10.8. The van der Waals surface area contributed by atoms with Gasteiger partial charge in [0.15, 0.2) is 11.5 Å². The topological polar surface area (TPSA) is 60.4 Å². The van der Waals surface area contributed by atoms with E-state index in [-0.39, 0.29) is 16.4 Å². The van der Waals surface area contributed by atoms with E-state index < -0.39 is 0 Å². The minimum absolute atomic E-state index is 0.180. The number of piperidine rings is 1. The normalized spacial score (nSPS) is 15.6. The average molecular weight is 588 g/mol. The largest absolute Gasteiger partial charge is 0.507 e. The number of benzene rings is 2. The van der Waals surface area contributed by atoms with Gasteiger partial charge in [0.25, 0.3) is 0 Å². The van der Waals surface area contributed by atoms with Crippen molar-refractivity contribution in [1.29, 1.82) is 0 Å². The van der Waals surface area contributed by atoms with Gasteiger partial charge in [-0.05, 0) is 75.2 Å². The fourth-order valence-corrected chi connectivity index (χ4v) is 6.58. The highest BCUT2D eigenvalue weighted by Gasteiger charge is 2.30. The zero-order valence-electron chi connectivity index (χ0n) is 27.3. The standard InChI is InChI=1S/C34H53NO5S/c1-32(2,3)26-20-24(21-27(29(26)36)33(4,5)6)40-34(7,8)16-19-35-17-14-25(15-18-35)41-22-23-12-13-28(37-9)31(39-11)30(23)38-10/h12-13,20-21,25,36H,14-19,22H2,1-11H3. The summed E-state index contributed by atoms with van der Waals surface area (Å²) in [7, 11) is 4.98. The number of methoxy groups -OCH3 is 3. The Hall–Kier alpha value is -2.25. The average Bonchev–Trinajstić information content (AvgIpc) is 2.90. The summed E-state index contributed by atoms with van der Waals surface area (Å²) in [6, 6.07) is 8.09. The molecule has 0 spiro atoms. The smallest absolute Gasteiger partial charge is 0.203 e. The molecule has 41 heavy (non-hydrogen) atoms. The van der Waals surface area contributed by atoms with E-state index in [1.165, 1.54) is 12.8 Å². The third-order valence-electron chi connectivity index (χ3n) is 7.92. The molecule has 2 aromatic carbocycles. The van der Waals surface area contributed by atoms with Crippen molar-refractivity contribution in [1.82, 2.24) is 4.90 Å². The van der Waals surface area contributed by atoms with Gasteiger partial charge in [-0.3, -0.25) is 0 Å². The van der Waals surface area contributed by atoms with Gasteiger partial charge in [-0.2, -0.15) is 11.8 Å². The van der Waals surface area contributed by atoms with Crippen molar-refractivity contribution in [3.63, 3.8) is 0 Å². The molecule has 1 N–H and O–H groups in total. The summed E-state index contributed by atoms with van der Waals surface area (Å²) in [5.41, 5.74) is 2.31. The van der Waals surface area contributed by atoms with Gasteiger partial charge in [-0.1, -0.05) is 47.6 Å². The lowest BCUT2D eigenvalue weighted by Gasteiger charge is -2.35. The van der Waals surface area contributed by atoms with Gasteiger partial charge in [0.05, 0.1) is 21.3 Å². The van der Waals surface area contributed by atoms with Crippen molar-refractivity contribution in [3.05, 3.63) is 41.0 Å². The van der Waals surface area contributed by atoms with Crippen LogP contribution in [0.1, 0.15) is 91.3 Å². The van der Waals surface area contributed by atoms with E-state index in [0.29, 0.717) is 22.5 Å². The number of rotatable bonds is 11. The van der Waals surface area contributed by atoms with Crippen molar-refractivity contribution in [2.24, 2.45) is 0 Å². The van der Waals surface area contributed by atoms with Crippen LogP contribution in [0.25, 0.3) is 0 Å². The van der Waals surface area contributed by atoms with Gasteiger partial charge >= 0.3 is 0 Å². The van der Waals surface area contributed by atoms with E-state index in [0.717, 1.165) is 60.0 Å². The number of likely N-dealkylation sites (tertiary alicyclic amines) is 1. The minimum atomic E-state index is -0.323. The summed E-state index contributed by atoms with van der Waals surface area (Å²) in [6.07, 6.45) is 3.27. The summed E-state index contributed by atoms with van der Waals surface area (Å²) >= 11 is 2.00. The van der Waals surface area contributed by atoms with Gasteiger partial charge in [0.2, 0.25) is 5.75 Å². The van der Waals surface area contributed by atoms with Crippen LogP contribution in [-0.4, -0.2) is 61.8 Å². The minimum Gasteiger partial charge on any atom is -0.507 e. The maximum Gasteiger partial charge on any atom is 0.203 e. The molecule has 2 aromatic rings. The summed E-state index contributed by atoms with van der Waals surface area (Å²) in [6.45, 7) is 20.3. The van der Waals surface area contributed by atoms with E-state index in [4.69, 9.17) is 18.9 Å². The third-order valence-corrected chi connectivity index (χ3v) is 9.34. The molecule has 0 unspecified atom stereocenters. The van der Waals surface area contributed by atoms with E-state index in [2.05, 4.69) is 66.4 Å². The first-order valence-electron chi connectivity index (χ1n) is 14.8. The van der Waals surface area contributed by atoms with Gasteiger partial charge in [0, 0.05) is 34.2 Å². The van der Waals surface area contributed by atoms with Gasteiger partial charge in [-0.15, -0.1) is 0 Å². The van der Waals surface area contributed by atoms with E-state index in [9.17, 15) is 5.11 Å². The molecule has 1 fully saturated rings. The molecular formula is C34H53NO5S. The predicted molar refractivity (Wildman–Crippen MR) is 172 cm³/mol. The lowest BCUT2D eigenvalue weighted by atomic mass is 9.79. The maximum atomic E-state index is 11.1. The molecule has 1 aliphatic heterocycles. The molecule has 1 heterocycles. The molecule has 0 atom stereocenters. The molecule has 6 nitrogen and oxygen atoms in total. The molecular weight excluding hydrogens is 534 g/mol. The first-order valence-corrected chi connectivity index (χ1v) is 15.8. The Labute approximate surface area is 253 Å². The van der Waals surface area contributed by atoms with Crippen LogP contribution in [0.2, 0.25) is 0 Å². The van der Waals surface area contributed by atoms with Crippen molar-refractivity contribution >= 4 is 11.8 Å². The first-order chi connectivity index (χ1) is 19.1. The van der Waals surface area contributed by atoms with Crippen LogP contribution in [0.15, 0.2) is 24.3 Å². The van der Waals surface area contributed by atoms with Crippen LogP contribution in [-0.2, 0) is 16.6 Å². The Morgan fingerprint density at radius 1 is 0.829 bits per heavy atom. The van der Waals surface area contributed by atoms with Crippen LogP contribution in [0.5, 0.6) is 28.7 Å². The van der Waals surface area contributed by atoms with Crippen molar-refractivity contribution in [2.75, 3.05) is 41.0 Å². The Balaban J connectivity index is 1.56. The molecule has 0 saturated carbocycles. The second-order valence-electron chi connectivity index (χ2n) is 13.8. The predicted octanol–water partition coefficient (Wildman–Crippen LogP) is 7.96. The molecule has 230 valence electrons. The van der Waals surface area contributed by atoms with Crippen LogP contribution < -0.4 is 18.9 Å². The second-order valence-corrected chi connectivity index (χ2v) is 15.1. The molecule has 1 aliphatic rings. The number of thioether (sulfide) groups is 1. The van der Waals surface area contributed by atoms with E-state index >= 15 is 0 Å². The summed E-state index contributed by atoms with van der Waals surface area (Å²) in [4.78, 5) is 2.57. The lowest BCUT2D eigenvalue weighted by Crippen LogP contribution is -2.39. The summed E-state index contributed by atoms with van der Waals surface area (Å²) < 4.78 is 23.3. The Bertz CT molecular complexity index is 1120. The van der Waals surface area contributed by atoms with Gasteiger partial charge < -0.3 is 29.0 Å². The highest BCUT2D eigenvalue weighted by Crippen LogP contribution is 2.43. The van der Waals surface area contributed by atoms with Gasteiger partial charge in [-0.25, -0.2) is 0 Å². The highest BCUT2D eigenvalue weighted by molar-refractivity contribution is 7.99. The molecule has 7 heteroatoms. The van der Waals surface area contributed by atoms with Crippen LogP contribution in [0.4, 0.5) is 0 Å². The number of aromatic hydroxyl groups is 1. The molecule has 0 bridgehead atoms. The van der Waals surface area contributed by atoms with Crippen LogP contribution in [0, 0.1) is 0 Å². The lowest BCUT2D eigenvalue weighted by molar-refractivity contribution is 0.0794. The third kappa shape index (κ3) is 8.63. The van der Waals surface area contributed by atoms with Crippen molar-refractivity contribution < 1.29 is 24.1 Å².